The molecule has 0 bridgehead atoms. The van der Waals surface area contributed by atoms with E-state index < -0.39 is 6.10 Å². The van der Waals surface area contributed by atoms with Crippen LogP contribution in [0.4, 0.5) is 0 Å². The zero-order chi connectivity index (χ0) is 11.1. The third-order valence-electron chi connectivity index (χ3n) is 3.34. The zero-order valence-corrected chi connectivity index (χ0v) is 9.28. The highest BCUT2D eigenvalue weighted by Crippen LogP contribution is 2.35. The second-order valence-electron chi connectivity index (χ2n) is 4.69. The first-order chi connectivity index (χ1) is 7.22. The van der Waals surface area contributed by atoms with Crippen LogP contribution in [0, 0.1) is 5.41 Å². The summed E-state index contributed by atoms with van der Waals surface area (Å²) in [4.78, 5) is 0. The van der Waals surface area contributed by atoms with E-state index in [2.05, 4.69) is 5.32 Å². The first-order valence-corrected chi connectivity index (χ1v) is 5.83. The average Bonchev–Trinajstić information content (AvgIpc) is 2.30. The van der Waals surface area contributed by atoms with Crippen molar-refractivity contribution in [3.05, 3.63) is 0 Å². The molecule has 1 fully saturated rings. The molecule has 0 unspecified atom stereocenters. The molecule has 0 aromatic rings. The molecule has 0 heterocycles. The Bertz CT molecular complexity index is 169. The molecule has 15 heavy (non-hydrogen) atoms. The van der Waals surface area contributed by atoms with Gasteiger partial charge in [0.1, 0.15) is 0 Å². The summed E-state index contributed by atoms with van der Waals surface area (Å²) in [7, 11) is 0. The summed E-state index contributed by atoms with van der Waals surface area (Å²) in [6.45, 7) is 1.15. The van der Waals surface area contributed by atoms with E-state index in [1.165, 1.54) is 19.3 Å². The molecule has 4 heteroatoms. The van der Waals surface area contributed by atoms with Crippen molar-refractivity contribution in [2.24, 2.45) is 5.41 Å². The van der Waals surface area contributed by atoms with Gasteiger partial charge in [0, 0.05) is 25.1 Å². The molecule has 0 aromatic carbocycles. The van der Waals surface area contributed by atoms with Crippen LogP contribution < -0.4 is 5.32 Å². The molecule has 1 aliphatic rings. The van der Waals surface area contributed by atoms with Crippen LogP contribution in [-0.2, 0) is 0 Å². The van der Waals surface area contributed by atoms with Crippen LogP contribution in [-0.4, -0.2) is 47.7 Å². The van der Waals surface area contributed by atoms with E-state index in [1.54, 1.807) is 0 Å². The molecule has 90 valence electrons. The van der Waals surface area contributed by atoms with Gasteiger partial charge in [-0.25, -0.2) is 0 Å². The van der Waals surface area contributed by atoms with Crippen LogP contribution in [0.3, 0.4) is 0 Å². The van der Waals surface area contributed by atoms with E-state index in [0.29, 0.717) is 6.54 Å². The minimum atomic E-state index is -0.690. The Balaban J connectivity index is 2.26. The third-order valence-corrected chi connectivity index (χ3v) is 3.34. The fourth-order valence-electron chi connectivity index (χ4n) is 2.26. The van der Waals surface area contributed by atoms with Gasteiger partial charge in [-0.1, -0.05) is 19.3 Å². The van der Waals surface area contributed by atoms with Crippen LogP contribution in [0.15, 0.2) is 0 Å². The van der Waals surface area contributed by atoms with Gasteiger partial charge in [-0.3, -0.25) is 0 Å². The van der Waals surface area contributed by atoms with Gasteiger partial charge in [0.2, 0.25) is 0 Å². The summed E-state index contributed by atoms with van der Waals surface area (Å²) in [6.07, 6.45) is 5.07. The lowest BCUT2D eigenvalue weighted by atomic mass is 9.74. The normalized spacial score (nSPS) is 22.6. The maximum absolute atomic E-state index is 9.41. The molecule has 0 radical (unpaired) electrons. The molecule has 0 aromatic heterocycles. The highest BCUT2D eigenvalue weighted by molar-refractivity contribution is 4.84. The van der Waals surface area contributed by atoms with Gasteiger partial charge in [0.05, 0.1) is 12.7 Å². The molecular weight excluding hydrogens is 194 g/mol. The number of aliphatic hydroxyl groups is 3. The summed E-state index contributed by atoms with van der Waals surface area (Å²) >= 11 is 0. The molecular formula is C11H23NO3. The summed E-state index contributed by atoms with van der Waals surface area (Å²) in [6, 6.07) is 0. The predicted molar refractivity (Wildman–Crippen MR) is 58.6 cm³/mol. The van der Waals surface area contributed by atoms with Crippen LogP contribution in [0.1, 0.15) is 32.1 Å². The lowest BCUT2D eigenvalue weighted by Gasteiger charge is -2.36. The highest BCUT2D eigenvalue weighted by atomic mass is 16.3. The maximum atomic E-state index is 9.41. The van der Waals surface area contributed by atoms with Crippen molar-refractivity contribution in [2.45, 2.75) is 38.2 Å². The quantitative estimate of drug-likeness (QED) is 0.500. The second kappa shape index (κ2) is 6.43. The first-order valence-electron chi connectivity index (χ1n) is 5.83. The van der Waals surface area contributed by atoms with Gasteiger partial charge in [-0.15, -0.1) is 0 Å². The molecule has 0 aliphatic heterocycles. The monoisotopic (exact) mass is 217 g/mol. The van der Waals surface area contributed by atoms with Crippen LogP contribution in [0.25, 0.3) is 0 Å². The third kappa shape index (κ3) is 4.07. The van der Waals surface area contributed by atoms with Crippen molar-refractivity contribution < 1.29 is 15.3 Å². The van der Waals surface area contributed by atoms with Crippen LogP contribution in [0.5, 0.6) is 0 Å². The molecule has 4 nitrogen and oxygen atoms in total. The molecule has 1 aliphatic carbocycles. The van der Waals surface area contributed by atoms with Crippen LogP contribution >= 0.6 is 0 Å². The maximum Gasteiger partial charge on any atom is 0.0894 e. The molecule has 1 atom stereocenters. The van der Waals surface area contributed by atoms with Crippen molar-refractivity contribution in [1.82, 2.24) is 5.32 Å². The van der Waals surface area contributed by atoms with E-state index in [-0.39, 0.29) is 18.6 Å². The van der Waals surface area contributed by atoms with E-state index in [1.807, 2.05) is 0 Å². The van der Waals surface area contributed by atoms with E-state index in [0.717, 1.165) is 19.4 Å². The summed E-state index contributed by atoms with van der Waals surface area (Å²) in [5, 5.41) is 30.4. The van der Waals surface area contributed by atoms with Crippen LogP contribution in [0.2, 0.25) is 0 Å². The van der Waals surface area contributed by atoms with Crippen molar-refractivity contribution in [2.75, 3.05) is 26.3 Å². The Morgan fingerprint density at radius 2 is 1.80 bits per heavy atom. The van der Waals surface area contributed by atoms with Gasteiger partial charge < -0.3 is 20.6 Å². The number of nitrogens with one attached hydrogen (secondary N) is 1. The standard InChI is InChI=1S/C11H23NO3/c13-7-10(15)6-12-8-11(9-14)4-2-1-3-5-11/h10,12-15H,1-9H2/t10-/m0/s1. The van der Waals surface area contributed by atoms with Gasteiger partial charge in [0.15, 0.2) is 0 Å². The van der Waals surface area contributed by atoms with Gasteiger partial charge in [0.25, 0.3) is 0 Å². The predicted octanol–water partition coefficient (Wildman–Crippen LogP) is -0.128. The number of hydrogen-bond donors (Lipinski definition) is 4. The number of rotatable bonds is 6. The lowest BCUT2D eigenvalue weighted by Crippen LogP contribution is -2.42. The number of aliphatic hydroxyl groups excluding tert-OH is 3. The summed E-state index contributed by atoms with van der Waals surface area (Å²) in [5.41, 5.74) is 0.00737. The van der Waals surface area contributed by atoms with Gasteiger partial charge in [-0.05, 0) is 12.8 Å². The Morgan fingerprint density at radius 3 is 2.33 bits per heavy atom. The Morgan fingerprint density at radius 1 is 1.13 bits per heavy atom. The Labute approximate surface area is 91.3 Å². The van der Waals surface area contributed by atoms with Gasteiger partial charge >= 0.3 is 0 Å². The zero-order valence-electron chi connectivity index (χ0n) is 9.28. The SMILES string of the molecule is OC[C@@H](O)CNCC1(CO)CCCCC1. The molecule has 0 amide bonds. The highest BCUT2D eigenvalue weighted by Gasteiger charge is 2.30. The minimum absolute atomic E-state index is 0.00737. The van der Waals surface area contributed by atoms with Crippen molar-refractivity contribution in [3.63, 3.8) is 0 Å². The average molecular weight is 217 g/mol. The summed E-state index contributed by atoms with van der Waals surface area (Å²) < 4.78 is 0. The topological polar surface area (TPSA) is 72.7 Å². The first kappa shape index (κ1) is 12.9. The van der Waals surface area contributed by atoms with Gasteiger partial charge in [-0.2, -0.15) is 0 Å². The smallest absolute Gasteiger partial charge is 0.0894 e. The largest absolute Gasteiger partial charge is 0.396 e. The minimum Gasteiger partial charge on any atom is -0.396 e. The Kier molecular flexibility index (Phi) is 5.53. The molecule has 0 spiro atoms. The molecule has 1 rings (SSSR count). The van der Waals surface area contributed by atoms with E-state index in [9.17, 15) is 5.11 Å². The fourth-order valence-corrected chi connectivity index (χ4v) is 2.26. The second-order valence-corrected chi connectivity index (χ2v) is 4.69. The van der Waals surface area contributed by atoms with Crippen molar-refractivity contribution in [3.8, 4) is 0 Å². The Hall–Kier alpha value is -0.160. The lowest BCUT2D eigenvalue weighted by molar-refractivity contribution is 0.0650. The van der Waals surface area contributed by atoms with Crippen molar-refractivity contribution >= 4 is 0 Å². The van der Waals surface area contributed by atoms with E-state index in [4.69, 9.17) is 10.2 Å². The van der Waals surface area contributed by atoms with Crippen molar-refractivity contribution in [1.29, 1.82) is 0 Å². The van der Waals surface area contributed by atoms with E-state index >= 15 is 0 Å². The molecule has 1 saturated carbocycles. The molecule has 4 N–H and O–H groups in total. The summed E-state index contributed by atoms with van der Waals surface area (Å²) in [5.74, 6) is 0. The number of hydrogen-bond acceptors (Lipinski definition) is 4. The fraction of sp³-hybridized carbons (Fsp3) is 1.00. The molecule has 0 saturated heterocycles.